The Hall–Kier alpha value is -2.47. The molecule has 0 radical (unpaired) electrons. The molecule has 0 saturated heterocycles. The number of hydrogen-bond acceptors (Lipinski definition) is 5. The second-order valence-electron chi connectivity index (χ2n) is 4.08. The van der Waals surface area contributed by atoms with E-state index in [4.69, 9.17) is 13.9 Å². The number of aromatic carboxylic acids is 1. The molecule has 0 atom stereocenters. The maximum Gasteiger partial charge on any atom is 0.162 e. The van der Waals surface area contributed by atoms with Crippen LogP contribution in [0.1, 0.15) is 21.9 Å². The molecule has 0 amide bonds. The van der Waals surface area contributed by atoms with Gasteiger partial charge >= 0.3 is 0 Å². The van der Waals surface area contributed by atoms with Gasteiger partial charge in [0.25, 0.3) is 0 Å². The van der Waals surface area contributed by atoms with E-state index in [0.29, 0.717) is 23.8 Å². The second kappa shape index (κ2) is 6.12. The van der Waals surface area contributed by atoms with Crippen molar-refractivity contribution in [3.63, 3.8) is 0 Å². The highest BCUT2D eigenvalue weighted by molar-refractivity contribution is 5.82. The van der Waals surface area contributed by atoms with E-state index in [2.05, 4.69) is 5.73 Å². The first kappa shape index (κ1) is 14.0. The van der Waals surface area contributed by atoms with Crippen LogP contribution >= 0.6 is 0 Å². The molecule has 0 fully saturated rings. The van der Waals surface area contributed by atoms with Gasteiger partial charge in [-0.1, -0.05) is 0 Å². The Labute approximate surface area is 115 Å². The van der Waals surface area contributed by atoms with Crippen LogP contribution in [0.25, 0.3) is 0 Å². The summed E-state index contributed by atoms with van der Waals surface area (Å²) in [5, 5.41) is 10.6. The van der Waals surface area contributed by atoms with Crippen molar-refractivity contribution in [2.45, 2.75) is 13.2 Å². The van der Waals surface area contributed by atoms with E-state index in [9.17, 15) is 9.90 Å². The van der Waals surface area contributed by atoms with E-state index in [1.54, 1.807) is 13.2 Å². The molecular weight excluding hydrogens is 262 g/mol. The van der Waals surface area contributed by atoms with Crippen LogP contribution in [0.15, 0.2) is 34.7 Å². The average Bonchev–Trinajstić information content (AvgIpc) is 2.93. The Kier molecular flexibility index (Phi) is 4.27. The zero-order valence-electron chi connectivity index (χ0n) is 11.0. The SMILES string of the molecule is COc1ccc(C[NH3+])cc1OCc1ccc(C(=O)[O-])o1. The number of quaternary nitrogens is 1. The van der Waals surface area contributed by atoms with E-state index in [1.165, 1.54) is 12.1 Å². The van der Waals surface area contributed by atoms with Gasteiger partial charge in [0.1, 0.15) is 24.1 Å². The molecule has 3 N–H and O–H groups in total. The molecule has 0 spiro atoms. The molecule has 6 nitrogen and oxygen atoms in total. The van der Waals surface area contributed by atoms with E-state index in [-0.39, 0.29) is 12.4 Å². The van der Waals surface area contributed by atoms with Gasteiger partial charge in [0, 0.05) is 5.56 Å². The van der Waals surface area contributed by atoms with Gasteiger partial charge in [-0.25, -0.2) is 0 Å². The fourth-order valence-corrected chi connectivity index (χ4v) is 1.70. The number of furan rings is 1. The van der Waals surface area contributed by atoms with Gasteiger partial charge in [-0.3, -0.25) is 0 Å². The first-order chi connectivity index (χ1) is 9.63. The molecule has 0 aliphatic heterocycles. The molecule has 0 aliphatic rings. The maximum absolute atomic E-state index is 10.6. The smallest absolute Gasteiger partial charge is 0.162 e. The zero-order chi connectivity index (χ0) is 14.5. The molecule has 1 heterocycles. The topological polar surface area (TPSA) is 99.4 Å². The van der Waals surface area contributed by atoms with Crippen molar-refractivity contribution >= 4 is 5.97 Å². The van der Waals surface area contributed by atoms with Crippen molar-refractivity contribution in [1.82, 2.24) is 0 Å². The van der Waals surface area contributed by atoms with Crippen LogP contribution in [0, 0.1) is 0 Å². The van der Waals surface area contributed by atoms with Gasteiger partial charge in [0.15, 0.2) is 11.5 Å². The molecule has 20 heavy (non-hydrogen) atoms. The fraction of sp³-hybridized carbons (Fsp3) is 0.214. The Balaban J connectivity index is 2.10. The predicted molar refractivity (Wildman–Crippen MR) is 67.0 cm³/mol. The van der Waals surface area contributed by atoms with Crippen LogP contribution in [0.3, 0.4) is 0 Å². The van der Waals surface area contributed by atoms with Gasteiger partial charge in [0.05, 0.1) is 13.7 Å². The minimum absolute atomic E-state index is 0.101. The number of carboxylic acids is 1. The third kappa shape index (κ3) is 3.10. The maximum atomic E-state index is 10.6. The highest BCUT2D eigenvalue weighted by atomic mass is 16.5. The predicted octanol–water partition coefficient (Wildman–Crippen LogP) is -0.0274. The monoisotopic (exact) mass is 277 g/mol. The number of methoxy groups -OCH3 is 1. The summed E-state index contributed by atoms with van der Waals surface area (Å²) in [6.07, 6.45) is 0. The summed E-state index contributed by atoms with van der Waals surface area (Å²) in [6, 6.07) is 8.39. The lowest BCUT2D eigenvalue weighted by molar-refractivity contribution is -0.386. The first-order valence-electron chi connectivity index (χ1n) is 6.03. The van der Waals surface area contributed by atoms with E-state index in [0.717, 1.165) is 5.56 Å². The van der Waals surface area contributed by atoms with Crippen LogP contribution in [0.4, 0.5) is 0 Å². The van der Waals surface area contributed by atoms with Crippen molar-refractivity contribution in [3.05, 3.63) is 47.4 Å². The van der Waals surface area contributed by atoms with Crippen molar-refractivity contribution in [2.75, 3.05) is 7.11 Å². The standard InChI is InChI=1S/C14H15NO5/c1-18-11-4-2-9(7-15)6-13(11)19-8-10-3-5-12(20-10)14(16)17/h2-6H,7-8,15H2,1H3,(H,16,17). The zero-order valence-corrected chi connectivity index (χ0v) is 11.0. The minimum atomic E-state index is -1.35. The lowest BCUT2D eigenvalue weighted by atomic mass is 10.2. The largest absolute Gasteiger partial charge is 0.542 e. The third-order valence-electron chi connectivity index (χ3n) is 2.75. The van der Waals surface area contributed by atoms with Gasteiger partial charge in [0.2, 0.25) is 0 Å². The van der Waals surface area contributed by atoms with E-state index >= 15 is 0 Å². The number of ether oxygens (including phenoxy) is 2. The molecule has 106 valence electrons. The summed E-state index contributed by atoms with van der Waals surface area (Å²) in [4.78, 5) is 10.6. The number of hydrogen-bond donors (Lipinski definition) is 1. The summed E-state index contributed by atoms with van der Waals surface area (Å²) in [6.45, 7) is 0.736. The summed E-state index contributed by atoms with van der Waals surface area (Å²) >= 11 is 0. The lowest BCUT2D eigenvalue weighted by Gasteiger charge is -2.10. The summed E-state index contributed by atoms with van der Waals surface area (Å²) in [5.41, 5.74) is 4.82. The summed E-state index contributed by atoms with van der Waals surface area (Å²) in [5.74, 6) is -0.0323. The quantitative estimate of drug-likeness (QED) is 0.799. The summed E-state index contributed by atoms with van der Waals surface area (Å²) < 4.78 is 15.8. The van der Waals surface area contributed by atoms with Crippen LogP contribution in [0.5, 0.6) is 11.5 Å². The Morgan fingerprint density at radius 3 is 2.70 bits per heavy atom. The Morgan fingerprint density at radius 1 is 1.30 bits per heavy atom. The number of carboxylic acid groups (broad SMARTS) is 1. The second-order valence-corrected chi connectivity index (χ2v) is 4.08. The van der Waals surface area contributed by atoms with Crippen LogP contribution in [-0.4, -0.2) is 13.1 Å². The highest BCUT2D eigenvalue weighted by Gasteiger charge is 2.08. The Morgan fingerprint density at radius 2 is 2.10 bits per heavy atom. The van der Waals surface area contributed by atoms with Crippen molar-refractivity contribution in [3.8, 4) is 11.5 Å². The van der Waals surface area contributed by atoms with Gasteiger partial charge in [-0.2, -0.15) is 0 Å². The third-order valence-corrected chi connectivity index (χ3v) is 2.75. The minimum Gasteiger partial charge on any atom is -0.542 e. The van der Waals surface area contributed by atoms with Crippen molar-refractivity contribution in [2.24, 2.45) is 0 Å². The fourth-order valence-electron chi connectivity index (χ4n) is 1.70. The van der Waals surface area contributed by atoms with Crippen LogP contribution < -0.4 is 20.3 Å². The molecule has 2 aromatic rings. The van der Waals surface area contributed by atoms with Crippen LogP contribution in [0.2, 0.25) is 0 Å². The molecule has 0 aliphatic carbocycles. The van der Waals surface area contributed by atoms with Gasteiger partial charge in [-0.15, -0.1) is 0 Å². The number of benzene rings is 1. The molecule has 0 unspecified atom stereocenters. The summed E-state index contributed by atoms with van der Waals surface area (Å²) in [7, 11) is 1.55. The molecule has 1 aromatic heterocycles. The molecule has 2 rings (SSSR count). The van der Waals surface area contributed by atoms with E-state index < -0.39 is 5.97 Å². The van der Waals surface area contributed by atoms with E-state index in [1.807, 2.05) is 12.1 Å². The molecule has 0 bridgehead atoms. The van der Waals surface area contributed by atoms with Gasteiger partial charge in [-0.05, 0) is 30.3 Å². The van der Waals surface area contributed by atoms with Crippen LogP contribution in [-0.2, 0) is 13.2 Å². The number of carbonyl (C=O) groups excluding carboxylic acids is 1. The average molecular weight is 277 g/mol. The van der Waals surface area contributed by atoms with Gasteiger partial charge < -0.3 is 29.5 Å². The molecule has 0 saturated carbocycles. The number of carbonyl (C=O) groups is 1. The highest BCUT2D eigenvalue weighted by Crippen LogP contribution is 2.28. The molecule has 6 heteroatoms. The normalized spacial score (nSPS) is 10.3. The van der Waals surface area contributed by atoms with Crippen molar-refractivity contribution < 1.29 is 29.5 Å². The molecule has 1 aromatic carbocycles. The Bertz CT molecular complexity index is 605. The van der Waals surface area contributed by atoms with Crippen molar-refractivity contribution in [1.29, 1.82) is 0 Å². The molecular formula is C14H15NO5. The number of rotatable bonds is 6. The first-order valence-corrected chi connectivity index (χ1v) is 6.03. The lowest BCUT2D eigenvalue weighted by Crippen LogP contribution is -2.47.